The van der Waals surface area contributed by atoms with Gasteiger partial charge in [-0.2, -0.15) is 5.10 Å². The molecule has 0 atom stereocenters. The molecule has 6 heteroatoms. The standard InChI is InChI=1S/C10H12N4S2/c1-6-5-16-8(11-6)4-14-9(7-2-3-7)12-13-10(14)15/h5,7H,2-4H2,1H3,(H,13,15). The molecule has 0 bridgehead atoms. The topological polar surface area (TPSA) is 46.5 Å². The zero-order chi connectivity index (χ0) is 11.1. The van der Waals surface area contributed by atoms with Crippen molar-refractivity contribution in [1.82, 2.24) is 19.7 Å². The van der Waals surface area contributed by atoms with E-state index in [4.69, 9.17) is 12.2 Å². The summed E-state index contributed by atoms with van der Waals surface area (Å²) in [5.41, 5.74) is 1.07. The number of nitrogens with one attached hydrogen (secondary N) is 1. The molecule has 0 radical (unpaired) electrons. The van der Waals surface area contributed by atoms with E-state index < -0.39 is 0 Å². The number of thiazole rings is 1. The van der Waals surface area contributed by atoms with Crippen LogP contribution in [0.3, 0.4) is 0 Å². The summed E-state index contributed by atoms with van der Waals surface area (Å²) in [5, 5.41) is 10.3. The van der Waals surface area contributed by atoms with Crippen molar-refractivity contribution in [2.45, 2.75) is 32.2 Å². The maximum Gasteiger partial charge on any atom is 0.195 e. The summed E-state index contributed by atoms with van der Waals surface area (Å²) < 4.78 is 2.78. The summed E-state index contributed by atoms with van der Waals surface area (Å²) in [5.74, 6) is 1.70. The van der Waals surface area contributed by atoms with Crippen molar-refractivity contribution >= 4 is 23.6 Å². The smallest absolute Gasteiger partial charge is 0.195 e. The van der Waals surface area contributed by atoms with Crippen LogP contribution < -0.4 is 0 Å². The number of H-pyrrole nitrogens is 1. The Kier molecular flexibility index (Phi) is 2.40. The number of rotatable bonds is 3. The molecule has 4 nitrogen and oxygen atoms in total. The molecule has 16 heavy (non-hydrogen) atoms. The van der Waals surface area contributed by atoms with Crippen molar-refractivity contribution in [3.05, 3.63) is 26.7 Å². The van der Waals surface area contributed by atoms with E-state index in [9.17, 15) is 0 Å². The first-order valence-electron chi connectivity index (χ1n) is 5.30. The molecule has 1 aliphatic rings. The number of nitrogens with zero attached hydrogens (tertiary/aromatic N) is 3. The van der Waals surface area contributed by atoms with Crippen LogP contribution >= 0.6 is 23.6 Å². The van der Waals surface area contributed by atoms with Crippen molar-refractivity contribution < 1.29 is 0 Å². The van der Waals surface area contributed by atoms with Gasteiger partial charge in [-0.15, -0.1) is 11.3 Å². The molecule has 0 saturated heterocycles. The molecule has 0 unspecified atom stereocenters. The Morgan fingerprint density at radius 2 is 2.44 bits per heavy atom. The number of aryl methyl sites for hydroxylation is 1. The van der Waals surface area contributed by atoms with Gasteiger partial charge in [-0.1, -0.05) is 0 Å². The van der Waals surface area contributed by atoms with E-state index in [1.54, 1.807) is 11.3 Å². The van der Waals surface area contributed by atoms with Gasteiger partial charge in [0.05, 0.1) is 6.54 Å². The normalized spacial score (nSPS) is 15.6. The lowest BCUT2D eigenvalue weighted by molar-refractivity contribution is 0.714. The Morgan fingerprint density at radius 3 is 3.06 bits per heavy atom. The quantitative estimate of drug-likeness (QED) is 0.854. The summed E-state index contributed by atoms with van der Waals surface area (Å²) >= 11 is 6.92. The Labute approximate surface area is 102 Å². The minimum absolute atomic E-state index is 0.606. The Balaban J connectivity index is 1.93. The molecule has 0 aliphatic heterocycles. The Bertz CT molecular complexity index is 561. The molecule has 2 aromatic heterocycles. The third-order valence-corrected chi connectivity index (χ3v) is 3.95. The summed E-state index contributed by atoms with van der Waals surface area (Å²) in [7, 11) is 0. The van der Waals surface area contributed by atoms with Gasteiger partial charge in [-0.05, 0) is 32.0 Å². The highest BCUT2D eigenvalue weighted by Crippen LogP contribution is 2.39. The molecule has 3 rings (SSSR count). The summed E-state index contributed by atoms with van der Waals surface area (Å²) in [6.07, 6.45) is 2.47. The predicted octanol–water partition coefficient (Wildman–Crippen LogP) is 2.63. The van der Waals surface area contributed by atoms with Gasteiger partial charge in [-0.25, -0.2) is 4.98 Å². The molecule has 1 fully saturated rings. The molecule has 0 spiro atoms. The first kappa shape index (κ1) is 10.2. The van der Waals surface area contributed by atoms with Crippen LogP contribution in [0, 0.1) is 11.7 Å². The van der Waals surface area contributed by atoms with Gasteiger partial charge in [0.25, 0.3) is 0 Å². The van der Waals surface area contributed by atoms with Gasteiger partial charge in [-0.3, -0.25) is 9.67 Å². The number of aromatic nitrogens is 4. The third kappa shape index (κ3) is 1.82. The lowest BCUT2D eigenvalue weighted by Gasteiger charge is -2.02. The van der Waals surface area contributed by atoms with E-state index in [0.29, 0.717) is 10.7 Å². The van der Waals surface area contributed by atoms with E-state index in [2.05, 4.69) is 25.1 Å². The van der Waals surface area contributed by atoms with Gasteiger partial charge in [0.1, 0.15) is 10.8 Å². The molecular weight excluding hydrogens is 240 g/mol. The van der Waals surface area contributed by atoms with Crippen LogP contribution in [0.1, 0.15) is 35.3 Å². The SMILES string of the molecule is Cc1csc(Cn2c(C3CC3)n[nH]c2=S)n1. The zero-order valence-electron chi connectivity index (χ0n) is 8.93. The highest BCUT2D eigenvalue weighted by atomic mass is 32.1. The van der Waals surface area contributed by atoms with Crippen LogP contribution in [0.5, 0.6) is 0 Å². The molecule has 2 heterocycles. The fourth-order valence-electron chi connectivity index (χ4n) is 1.75. The molecular formula is C10H12N4S2. The fourth-order valence-corrected chi connectivity index (χ4v) is 2.71. The van der Waals surface area contributed by atoms with Crippen LogP contribution in [-0.4, -0.2) is 19.7 Å². The fraction of sp³-hybridized carbons (Fsp3) is 0.500. The maximum atomic E-state index is 5.25. The van der Waals surface area contributed by atoms with Crippen LogP contribution in [0.25, 0.3) is 0 Å². The van der Waals surface area contributed by atoms with E-state index >= 15 is 0 Å². The van der Waals surface area contributed by atoms with Crippen LogP contribution in [0.15, 0.2) is 5.38 Å². The summed E-state index contributed by atoms with van der Waals surface area (Å²) in [6.45, 7) is 2.76. The van der Waals surface area contributed by atoms with Gasteiger partial charge < -0.3 is 0 Å². The summed E-state index contributed by atoms with van der Waals surface area (Å²) in [6, 6.07) is 0. The monoisotopic (exact) mass is 252 g/mol. The van der Waals surface area contributed by atoms with Crippen LogP contribution in [0.4, 0.5) is 0 Å². The first-order chi connectivity index (χ1) is 7.74. The minimum Gasteiger partial charge on any atom is -0.297 e. The van der Waals surface area contributed by atoms with E-state index in [1.807, 2.05) is 6.92 Å². The minimum atomic E-state index is 0.606. The molecule has 84 valence electrons. The molecule has 1 saturated carbocycles. The van der Waals surface area contributed by atoms with Gasteiger partial charge in [0.2, 0.25) is 0 Å². The lowest BCUT2D eigenvalue weighted by Crippen LogP contribution is -2.04. The number of hydrogen-bond acceptors (Lipinski definition) is 4. The Morgan fingerprint density at radius 1 is 1.62 bits per heavy atom. The van der Waals surface area contributed by atoms with E-state index in [-0.39, 0.29) is 0 Å². The second kappa shape index (κ2) is 3.78. The summed E-state index contributed by atoms with van der Waals surface area (Å²) in [4.78, 5) is 4.46. The second-order valence-electron chi connectivity index (χ2n) is 4.13. The predicted molar refractivity (Wildman–Crippen MR) is 65.3 cm³/mol. The second-order valence-corrected chi connectivity index (χ2v) is 5.46. The molecule has 1 N–H and O–H groups in total. The van der Waals surface area contributed by atoms with E-state index in [1.165, 1.54) is 12.8 Å². The molecule has 2 aromatic rings. The Hall–Kier alpha value is -1.01. The van der Waals surface area contributed by atoms with Gasteiger partial charge >= 0.3 is 0 Å². The lowest BCUT2D eigenvalue weighted by atomic mass is 10.4. The maximum absolute atomic E-state index is 5.25. The average molecular weight is 252 g/mol. The third-order valence-electron chi connectivity index (χ3n) is 2.69. The van der Waals surface area contributed by atoms with Crippen molar-refractivity contribution in [1.29, 1.82) is 0 Å². The van der Waals surface area contributed by atoms with Crippen molar-refractivity contribution in [3.8, 4) is 0 Å². The van der Waals surface area contributed by atoms with Gasteiger partial charge in [0.15, 0.2) is 4.77 Å². The number of hydrogen-bond donors (Lipinski definition) is 1. The molecule has 0 amide bonds. The average Bonchev–Trinajstić information content (AvgIpc) is 2.93. The van der Waals surface area contributed by atoms with Crippen molar-refractivity contribution in [2.75, 3.05) is 0 Å². The van der Waals surface area contributed by atoms with Crippen molar-refractivity contribution in [3.63, 3.8) is 0 Å². The van der Waals surface area contributed by atoms with Crippen molar-refractivity contribution in [2.24, 2.45) is 0 Å². The zero-order valence-corrected chi connectivity index (χ0v) is 10.6. The highest BCUT2D eigenvalue weighted by molar-refractivity contribution is 7.71. The number of aromatic amines is 1. The van der Waals surface area contributed by atoms with E-state index in [0.717, 1.165) is 23.1 Å². The first-order valence-corrected chi connectivity index (χ1v) is 6.59. The largest absolute Gasteiger partial charge is 0.297 e. The molecule has 1 aliphatic carbocycles. The molecule has 0 aromatic carbocycles. The highest BCUT2D eigenvalue weighted by Gasteiger charge is 2.29. The van der Waals surface area contributed by atoms with Crippen LogP contribution in [0.2, 0.25) is 0 Å². The van der Waals surface area contributed by atoms with Crippen LogP contribution in [-0.2, 0) is 6.54 Å². The van der Waals surface area contributed by atoms with Gasteiger partial charge in [0, 0.05) is 17.0 Å².